The number of likely N-dealkylation sites (tertiary alicyclic amines) is 1. The van der Waals surface area contributed by atoms with Gasteiger partial charge in [-0.1, -0.05) is 44.7 Å². The minimum Gasteiger partial charge on any atom is -0.497 e. The SMILES string of the molecule is C=CC1=CCC(NC(=O)[C@@H]2C[C@@H](Oc3cc(-c4ccc5c(c4)CCCC5)nc4cc(OC)ccc34)CN2C(=O)[C@@H](NC(=O)OC(C)(C)C)C(C)C)(C(=O)O)C1. The summed E-state index contributed by atoms with van der Waals surface area (Å²) in [6.07, 6.45) is 6.47. The molecule has 1 fully saturated rings. The minimum atomic E-state index is -1.59. The molecule has 1 unspecified atom stereocenters. The standard InChI is InChI=1S/C43H52N4O8/c1-8-26-17-18-43(23-26,40(50)51)46-38(48)35-21-31(24-47(35)39(49)37(25(2)3)45-41(52)55-42(4,5)6)54-36-22-33(44-34-20-30(53-7)15-16-32(34)36)29-14-13-27-11-9-10-12-28(27)19-29/h8,13-17,19-20,22,25,31,35,37H,1,9-12,18,21,23-24H2,2-7H3,(H,45,52)(H,46,48)(H,50,51)/t31-,35+,37+,43?/m1/s1. The first-order valence-electron chi connectivity index (χ1n) is 19.0. The van der Waals surface area contributed by atoms with Crippen molar-refractivity contribution in [2.24, 2.45) is 5.92 Å². The van der Waals surface area contributed by atoms with Crippen LogP contribution in [0.25, 0.3) is 22.2 Å². The number of aliphatic carboxylic acids is 1. The van der Waals surface area contributed by atoms with Gasteiger partial charge in [-0.15, -0.1) is 0 Å². The number of amides is 3. The molecular weight excluding hydrogens is 700 g/mol. The maximum atomic E-state index is 14.4. The topological polar surface area (TPSA) is 156 Å². The summed E-state index contributed by atoms with van der Waals surface area (Å²) >= 11 is 0. The van der Waals surface area contributed by atoms with E-state index in [2.05, 4.69) is 35.4 Å². The Morgan fingerprint density at radius 2 is 1.80 bits per heavy atom. The summed E-state index contributed by atoms with van der Waals surface area (Å²) in [6, 6.07) is 11.7. The number of benzene rings is 2. The van der Waals surface area contributed by atoms with Crippen LogP contribution < -0.4 is 20.1 Å². The van der Waals surface area contributed by atoms with Gasteiger partial charge in [-0.3, -0.25) is 9.59 Å². The number of hydrogen-bond donors (Lipinski definition) is 3. The van der Waals surface area contributed by atoms with E-state index in [0.717, 1.165) is 30.2 Å². The summed E-state index contributed by atoms with van der Waals surface area (Å²) in [4.78, 5) is 60.6. The fourth-order valence-corrected chi connectivity index (χ4v) is 7.71. The molecule has 4 atom stereocenters. The van der Waals surface area contributed by atoms with Crippen molar-refractivity contribution in [1.29, 1.82) is 0 Å². The van der Waals surface area contributed by atoms with Crippen LogP contribution in [0.3, 0.4) is 0 Å². The number of alkyl carbamates (subject to hydrolysis) is 1. The fourth-order valence-electron chi connectivity index (χ4n) is 7.71. The second kappa shape index (κ2) is 15.8. The Kier molecular flexibility index (Phi) is 11.3. The van der Waals surface area contributed by atoms with Gasteiger partial charge in [0.2, 0.25) is 11.8 Å². The van der Waals surface area contributed by atoms with E-state index in [1.165, 1.54) is 22.4 Å². The van der Waals surface area contributed by atoms with E-state index < -0.39 is 53.2 Å². The summed E-state index contributed by atoms with van der Waals surface area (Å²) in [7, 11) is 1.59. The zero-order chi connectivity index (χ0) is 39.7. The molecule has 1 aromatic heterocycles. The Bertz CT molecular complexity index is 2030. The fraction of sp³-hybridized carbons (Fsp3) is 0.465. The monoisotopic (exact) mass is 752 g/mol. The number of aryl methyl sites for hydroxylation is 2. The number of hydrogen-bond acceptors (Lipinski definition) is 8. The number of nitrogens with zero attached hydrogens (tertiary/aromatic N) is 2. The zero-order valence-electron chi connectivity index (χ0n) is 32.6. The Hall–Kier alpha value is -5.39. The van der Waals surface area contributed by atoms with Crippen LogP contribution in [0.1, 0.15) is 77.8 Å². The molecule has 2 aliphatic carbocycles. The van der Waals surface area contributed by atoms with Crippen molar-refractivity contribution in [3.63, 3.8) is 0 Å². The Labute approximate surface area is 322 Å². The number of fused-ring (bicyclic) bond motifs is 2. The third-order valence-corrected chi connectivity index (χ3v) is 10.6. The Morgan fingerprint density at radius 1 is 1.05 bits per heavy atom. The van der Waals surface area contributed by atoms with Crippen molar-refractivity contribution in [1.82, 2.24) is 20.5 Å². The number of carboxylic acid groups (broad SMARTS) is 1. The van der Waals surface area contributed by atoms with E-state index in [9.17, 15) is 24.3 Å². The van der Waals surface area contributed by atoms with E-state index in [1.807, 2.05) is 24.3 Å². The van der Waals surface area contributed by atoms with Gasteiger partial charge in [0.1, 0.15) is 40.8 Å². The molecule has 2 heterocycles. The van der Waals surface area contributed by atoms with E-state index in [4.69, 9.17) is 19.2 Å². The third-order valence-electron chi connectivity index (χ3n) is 10.6. The van der Waals surface area contributed by atoms with Gasteiger partial charge in [0, 0.05) is 42.3 Å². The summed E-state index contributed by atoms with van der Waals surface area (Å²) < 4.78 is 17.8. The van der Waals surface area contributed by atoms with Crippen LogP contribution in [-0.4, -0.2) is 81.8 Å². The zero-order valence-corrected chi connectivity index (χ0v) is 32.6. The lowest BCUT2D eigenvalue weighted by Crippen LogP contribution is -2.60. The number of rotatable bonds is 11. The molecule has 3 aliphatic rings. The summed E-state index contributed by atoms with van der Waals surface area (Å²) in [5.74, 6) is -1.54. The normalized spacial score (nSPS) is 21.4. The van der Waals surface area contributed by atoms with Crippen LogP contribution in [0.4, 0.5) is 4.79 Å². The van der Waals surface area contributed by atoms with Crippen LogP contribution in [0.2, 0.25) is 0 Å². The molecule has 2 aromatic carbocycles. The molecule has 292 valence electrons. The average Bonchev–Trinajstić information content (AvgIpc) is 3.77. The predicted octanol–water partition coefficient (Wildman–Crippen LogP) is 6.53. The molecule has 1 saturated heterocycles. The molecule has 0 radical (unpaired) electrons. The highest BCUT2D eigenvalue weighted by Crippen LogP contribution is 2.37. The average molecular weight is 753 g/mol. The number of ether oxygens (including phenoxy) is 3. The smallest absolute Gasteiger partial charge is 0.408 e. The number of carbonyl (C=O) groups is 4. The van der Waals surface area contributed by atoms with Crippen molar-refractivity contribution in [2.75, 3.05) is 13.7 Å². The molecule has 3 N–H and O–H groups in total. The number of methoxy groups -OCH3 is 1. The van der Waals surface area contributed by atoms with Gasteiger partial charge < -0.3 is 34.9 Å². The van der Waals surface area contributed by atoms with Crippen molar-refractivity contribution >= 4 is 34.8 Å². The van der Waals surface area contributed by atoms with Gasteiger partial charge in [-0.25, -0.2) is 14.6 Å². The molecule has 12 heteroatoms. The molecule has 6 rings (SSSR count). The van der Waals surface area contributed by atoms with Gasteiger partial charge in [0.05, 0.1) is 24.9 Å². The van der Waals surface area contributed by atoms with E-state index >= 15 is 0 Å². The molecule has 12 nitrogen and oxygen atoms in total. The Morgan fingerprint density at radius 3 is 2.45 bits per heavy atom. The third kappa shape index (κ3) is 8.63. The van der Waals surface area contributed by atoms with E-state index in [-0.39, 0.29) is 31.7 Å². The minimum absolute atomic E-state index is 0.000513. The maximum Gasteiger partial charge on any atom is 0.408 e. The number of carboxylic acids is 1. The second-order valence-electron chi connectivity index (χ2n) is 16.2. The molecule has 55 heavy (non-hydrogen) atoms. The summed E-state index contributed by atoms with van der Waals surface area (Å²) in [6.45, 7) is 12.5. The summed E-state index contributed by atoms with van der Waals surface area (Å²) in [5.41, 5.74) is 3.30. The molecular formula is C43H52N4O8. The highest BCUT2D eigenvalue weighted by Gasteiger charge is 2.49. The lowest BCUT2D eigenvalue weighted by Gasteiger charge is -2.33. The number of pyridine rings is 1. The van der Waals surface area contributed by atoms with Gasteiger partial charge in [-0.2, -0.15) is 0 Å². The van der Waals surface area contributed by atoms with Crippen LogP contribution in [-0.2, 0) is 32.0 Å². The Balaban J connectivity index is 1.35. The van der Waals surface area contributed by atoms with Crippen molar-refractivity contribution in [3.05, 3.63) is 77.9 Å². The molecule has 3 amide bonds. The second-order valence-corrected chi connectivity index (χ2v) is 16.2. The number of carbonyl (C=O) groups excluding carboxylic acids is 3. The van der Waals surface area contributed by atoms with E-state index in [1.54, 1.807) is 53.9 Å². The van der Waals surface area contributed by atoms with Gasteiger partial charge >= 0.3 is 12.1 Å². The summed E-state index contributed by atoms with van der Waals surface area (Å²) in [5, 5.41) is 16.5. The number of allylic oxidation sites excluding steroid dienone is 1. The number of nitrogens with one attached hydrogen (secondary N) is 2. The van der Waals surface area contributed by atoms with Crippen LogP contribution >= 0.6 is 0 Å². The highest BCUT2D eigenvalue weighted by atomic mass is 16.6. The molecule has 3 aromatic rings. The maximum absolute atomic E-state index is 14.4. The van der Waals surface area contributed by atoms with Crippen molar-refractivity contribution in [3.8, 4) is 22.8 Å². The largest absolute Gasteiger partial charge is 0.497 e. The molecule has 0 saturated carbocycles. The van der Waals surface area contributed by atoms with Crippen molar-refractivity contribution < 1.29 is 38.5 Å². The van der Waals surface area contributed by atoms with E-state index in [0.29, 0.717) is 28.3 Å². The number of aromatic nitrogens is 1. The van der Waals surface area contributed by atoms with Gasteiger partial charge in [0.15, 0.2) is 0 Å². The van der Waals surface area contributed by atoms with Crippen LogP contribution in [0.5, 0.6) is 11.5 Å². The van der Waals surface area contributed by atoms with Gasteiger partial charge in [-0.05, 0) is 87.3 Å². The quantitative estimate of drug-likeness (QED) is 0.198. The first kappa shape index (κ1) is 39.3. The van der Waals surface area contributed by atoms with Gasteiger partial charge in [0.25, 0.3) is 0 Å². The molecule has 0 bridgehead atoms. The lowest BCUT2D eigenvalue weighted by atomic mass is 9.90. The van der Waals surface area contributed by atoms with Crippen LogP contribution in [0, 0.1) is 5.92 Å². The lowest BCUT2D eigenvalue weighted by molar-refractivity contribution is -0.149. The predicted molar refractivity (Wildman–Crippen MR) is 209 cm³/mol. The molecule has 1 aliphatic heterocycles. The molecule has 0 spiro atoms. The van der Waals surface area contributed by atoms with Crippen molar-refractivity contribution in [2.45, 2.75) is 109 Å². The first-order valence-corrected chi connectivity index (χ1v) is 19.0. The van der Waals surface area contributed by atoms with Crippen LogP contribution in [0.15, 0.2) is 66.8 Å². The highest BCUT2D eigenvalue weighted by molar-refractivity contribution is 5.95. The first-order chi connectivity index (χ1) is 26.1.